The highest BCUT2D eigenvalue weighted by molar-refractivity contribution is 5.87. The van der Waals surface area contributed by atoms with Gasteiger partial charge in [-0.3, -0.25) is 5.10 Å². The molecule has 3 rings (SSSR count). The van der Waals surface area contributed by atoms with E-state index >= 15 is 0 Å². The van der Waals surface area contributed by atoms with Crippen LogP contribution < -0.4 is 10.2 Å². The zero-order valence-electron chi connectivity index (χ0n) is 11.9. The van der Waals surface area contributed by atoms with Gasteiger partial charge in [0.25, 0.3) is 0 Å². The first-order chi connectivity index (χ1) is 9.81. The van der Waals surface area contributed by atoms with Crippen molar-refractivity contribution < 1.29 is 4.74 Å². The van der Waals surface area contributed by atoms with Gasteiger partial charge in [-0.25, -0.2) is 0 Å². The van der Waals surface area contributed by atoms with Crippen LogP contribution in [-0.2, 0) is 4.74 Å². The third kappa shape index (κ3) is 2.40. The van der Waals surface area contributed by atoms with E-state index in [2.05, 4.69) is 30.4 Å². The molecule has 2 N–H and O–H groups in total. The van der Waals surface area contributed by atoms with Gasteiger partial charge in [0.15, 0.2) is 5.65 Å². The Hall–Kier alpha value is -1.89. The average Bonchev–Trinajstić information content (AvgIpc) is 2.95. The fourth-order valence-electron chi connectivity index (χ4n) is 2.67. The highest BCUT2D eigenvalue weighted by Crippen LogP contribution is 2.27. The molecule has 0 amide bonds. The van der Waals surface area contributed by atoms with Crippen molar-refractivity contribution >= 4 is 22.8 Å². The van der Waals surface area contributed by atoms with Crippen molar-refractivity contribution in [2.24, 2.45) is 0 Å². The predicted octanol–water partition coefficient (Wildman–Crippen LogP) is 1.40. The van der Waals surface area contributed by atoms with Gasteiger partial charge in [0.1, 0.15) is 5.82 Å². The summed E-state index contributed by atoms with van der Waals surface area (Å²) in [6.07, 6.45) is 4.30. The van der Waals surface area contributed by atoms with Crippen LogP contribution in [0.4, 0.5) is 11.8 Å². The summed E-state index contributed by atoms with van der Waals surface area (Å²) in [7, 11) is 1.82. The summed E-state index contributed by atoms with van der Waals surface area (Å²) in [5.74, 6) is 1.53. The first kappa shape index (κ1) is 13.1. The molecule has 0 saturated carbocycles. The Morgan fingerprint density at radius 1 is 1.50 bits per heavy atom. The fraction of sp³-hybridized carbons (Fsp3) is 0.615. The van der Waals surface area contributed by atoms with Crippen LogP contribution in [0.2, 0.25) is 0 Å². The summed E-state index contributed by atoms with van der Waals surface area (Å²) >= 11 is 0. The Morgan fingerprint density at radius 2 is 2.40 bits per heavy atom. The SMILES string of the molecule is CCOC1CCCN(c2nc(NC)nc3[nH]ncc23)C1. The molecule has 2 aromatic heterocycles. The number of aromatic amines is 1. The molecule has 1 aliphatic heterocycles. The number of nitrogens with one attached hydrogen (secondary N) is 2. The van der Waals surface area contributed by atoms with Gasteiger partial charge in [-0.1, -0.05) is 0 Å². The van der Waals surface area contributed by atoms with E-state index in [1.54, 1.807) is 6.20 Å². The van der Waals surface area contributed by atoms with Crippen LogP contribution in [0.1, 0.15) is 19.8 Å². The van der Waals surface area contributed by atoms with Crippen molar-refractivity contribution in [3.63, 3.8) is 0 Å². The lowest BCUT2D eigenvalue weighted by atomic mass is 10.1. The molecule has 0 spiro atoms. The molecule has 0 aliphatic carbocycles. The summed E-state index contributed by atoms with van der Waals surface area (Å²) in [4.78, 5) is 11.2. The van der Waals surface area contributed by atoms with E-state index in [1.165, 1.54) is 0 Å². The van der Waals surface area contributed by atoms with Gasteiger partial charge < -0.3 is 15.0 Å². The number of H-pyrrole nitrogens is 1. The third-order valence-corrected chi connectivity index (χ3v) is 3.59. The van der Waals surface area contributed by atoms with Crippen molar-refractivity contribution in [2.45, 2.75) is 25.9 Å². The van der Waals surface area contributed by atoms with Crippen LogP contribution in [0.25, 0.3) is 11.0 Å². The van der Waals surface area contributed by atoms with E-state index in [0.717, 1.165) is 49.4 Å². The number of ether oxygens (including phenoxy) is 1. The standard InChI is InChI=1S/C13H20N6O/c1-3-20-9-5-4-6-19(8-9)12-10-7-15-18-11(10)16-13(14-2)17-12/h7,9H,3-6,8H2,1-2H3,(H2,14,15,16,17,18). The monoisotopic (exact) mass is 276 g/mol. The summed E-state index contributed by atoms with van der Waals surface area (Å²) in [6, 6.07) is 0. The summed E-state index contributed by atoms with van der Waals surface area (Å²) in [5.41, 5.74) is 0.762. The molecule has 1 unspecified atom stereocenters. The molecule has 1 aliphatic rings. The normalized spacial score (nSPS) is 19.5. The van der Waals surface area contributed by atoms with Crippen LogP contribution in [0, 0.1) is 0 Å². The number of fused-ring (bicyclic) bond motifs is 1. The third-order valence-electron chi connectivity index (χ3n) is 3.59. The number of aromatic nitrogens is 4. The highest BCUT2D eigenvalue weighted by Gasteiger charge is 2.23. The maximum Gasteiger partial charge on any atom is 0.226 e. The first-order valence-corrected chi connectivity index (χ1v) is 7.07. The van der Waals surface area contributed by atoms with Gasteiger partial charge in [0.05, 0.1) is 17.7 Å². The Balaban J connectivity index is 1.93. The number of hydrogen-bond donors (Lipinski definition) is 2. The van der Waals surface area contributed by atoms with E-state index in [1.807, 2.05) is 14.0 Å². The van der Waals surface area contributed by atoms with Gasteiger partial charge in [0.2, 0.25) is 5.95 Å². The molecule has 1 saturated heterocycles. The average molecular weight is 276 g/mol. The van der Waals surface area contributed by atoms with Crippen LogP contribution in [0.15, 0.2) is 6.20 Å². The number of anilines is 2. The molecule has 20 heavy (non-hydrogen) atoms. The fourth-order valence-corrected chi connectivity index (χ4v) is 2.67. The van der Waals surface area contributed by atoms with E-state index in [9.17, 15) is 0 Å². The molecule has 7 nitrogen and oxygen atoms in total. The molecule has 0 radical (unpaired) electrons. The van der Waals surface area contributed by atoms with Crippen molar-refractivity contribution in [1.82, 2.24) is 20.2 Å². The largest absolute Gasteiger partial charge is 0.377 e. The lowest BCUT2D eigenvalue weighted by Crippen LogP contribution is -2.40. The predicted molar refractivity (Wildman–Crippen MR) is 78.1 cm³/mol. The lowest BCUT2D eigenvalue weighted by molar-refractivity contribution is 0.0526. The van der Waals surface area contributed by atoms with E-state index in [0.29, 0.717) is 5.95 Å². The number of hydrogen-bond acceptors (Lipinski definition) is 6. The van der Waals surface area contributed by atoms with Crippen molar-refractivity contribution in [3.05, 3.63) is 6.20 Å². The van der Waals surface area contributed by atoms with E-state index in [4.69, 9.17) is 4.74 Å². The minimum atomic E-state index is 0.281. The molecule has 3 heterocycles. The van der Waals surface area contributed by atoms with Gasteiger partial charge in [-0.05, 0) is 19.8 Å². The van der Waals surface area contributed by atoms with Crippen molar-refractivity contribution in [3.8, 4) is 0 Å². The maximum absolute atomic E-state index is 5.76. The molecule has 7 heteroatoms. The summed E-state index contributed by atoms with van der Waals surface area (Å²) in [5, 5.41) is 10.9. The second-order valence-corrected chi connectivity index (χ2v) is 4.92. The smallest absolute Gasteiger partial charge is 0.226 e. The minimum Gasteiger partial charge on any atom is -0.377 e. The molecule has 2 aromatic rings. The Labute approximate surface area is 117 Å². The summed E-state index contributed by atoms with van der Waals surface area (Å²) in [6.45, 7) is 4.65. The van der Waals surface area contributed by atoms with Crippen molar-refractivity contribution in [2.75, 3.05) is 37.0 Å². The molecular formula is C13H20N6O. The Morgan fingerprint density at radius 3 is 3.20 bits per heavy atom. The zero-order valence-corrected chi connectivity index (χ0v) is 11.9. The van der Waals surface area contributed by atoms with Gasteiger partial charge in [-0.2, -0.15) is 15.1 Å². The summed E-state index contributed by atoms with van der Waals surface area (Å²) < 4.78 is 5.76. The van der Waals surface area contributed by atoms with E-state index in [-0.39, 0.29) is 6.10 Å². The second-order valence-electron chi connectivity index (χ2n) is 4.92. The molecule has 0 bridgehead atoms. The number of nitrogens with zero attached hydrogens (tertiary/aromatic N) is 4. The highest BCUT2D eigenvalue weighted by atomic mass is 16.5. The minimum absolute atomic E-state index is 0.281. The first-order valence-electron chi connectivity index (χ1n) is 7.07. The quantitative estimate of drug-likeness (QED) is 0.879. The second kappa shape index (κ2) is 5.62. The van der Waals surface area contributed by atoms with Gasteiger partial charge in [-0.15, -0.1) is 0 Å². The number of rotatable bonds is 4. The maximum atomic E-state index is 5.76. The zero-order chi connectivity index (χ0) is 13.9. The molecule has 0 aromatic carbocycles. The van der Waals surface area contributed by atoms with Crippen LogP contribution >= 0.6 is 0 Å². The van der Waals surface area contributed by atoms with Gasteiger partial charge in [0, 0.05) is 26.7 Å². The van der Waals surface area contributed by atoms with Crippen LogP contribution in [0.5, 0.6) is 0 Å². The Kier molecular flexibility index (Phi) is 3.68. The molecular weight excluding hydrogens is 256 g/mol. The van der Waals surface area contributed by atoms with Crippen LogP contribution in [-0.4, -0.2) is 53.0 Å². The van der Waals surface area contributed by atoms with Gasteiger partial charge >= 0.3 is 0 Å². The topological polar surface area (TPSA) is 79.0 Å². The Bertz CT molecular complexity index is 581. The lowest BCUT2D eigenvalue weighted by Gasteiger charge is -2.33. The van der Waals surface area contributed by atoms with Crippen molar-refractivity contribution in [1.29, 1.82) is 0 Å². The molecule has 108 valence electrons. The van der Waals surface area contributed by atoms with Crippen LogP contribution in [0.3, 0.4) is 0 Å². The van der Waals surface area contributed by atoms with E-state index < -0.39 is 0 Å². The molecule has 1 fully saturated rings. The molecule has 1 atom stereocenters. The number of piperidine rings is 1.